The number of halogens is 1. The fourth-order valence-corrected chi connectivity index (χ4v) is 4.14. The van der Waals surface area contributed by atoms with Gasteiger partial charge >= 0.3 is 0 Å². The predicted molar refractivity (Wildman–Crippen MR) is 123 cm³/mol. The third-order valence-corrected chi connectivity index (χ3v) is 5.96. The molecule has 0 fully saturated rings. The van der Waals surface area contributed by atoms with Gasteiger partial charge in [0.05, 0.1) is 17.4 Å². The minimum Gasteiger partial charge on any atom is -0.342 e. The molecule has 32 heavy (non-hydrogen) atoms. The zero-order chi connectivity index (χ0) is 23.3. The number of nitrogens with one attached hydrogen (secondary N) is 2. The minimum atomic E-state index is -0.583. The van der Waals surface area contributed by atoms with Gasteiger partial charge in [-0.25, -0.2) is 4.39 Å². The molecule has 3 aromatic rings. The van der Waals surface area contributed by atoms with Gasteiger partial charge in [0, 0.05) is 12.2 Å². The van der Waals surface area contributed by atoms with E-state index < -0.39 is 17.8 Å². The van der Waals surface area contributed by atoms with Crippen molar-refractivity contribution in [3.8, 4) is 0 Å². The smallest absolute Gasteiger partial charge is 0.254 e. The number of carbonyl (C=O) groups is 2. The molecule has 0 saturated carbocycles. The van der Waals surface area contributed by atoms with Crippen LogP contribution in [-0.2, 0) is 11.3 Å². The van der Waals surface area contributed by atoms with Gasteiger partial charge in [0.2, 0.25) is 5.91 Å². The molecule has 9 heteroatoms. The predicted octanol–water partition coefficient (Wildman–Crippen LogP) is 4.28. The quantitative estimate of drug-likeness (QED) is 0.495. The van der Waals surface area contributed by atoms with Crippen LogP contribution in [0.4, 0.5) is 10.1 Å². The van der Waals surface area contributed by atoms with Gasteiger partial charge in [0.1, 0.15) is 5.82 Å². The summed E-state index contributed by atoms with van der Waals surface area (Å²) in [7, 11) is 0. The summed E-state index contributed by atoms with van der Waals surface area (Å²) in [6.07, 6.45) is 0. The lowest BCUT2D eigenvalue weighted by atomic mass is 10.1. The van der Waals surface area contributed by atoms with Crippen molar-refractivity contribution in [2.75, 3.05) is 11.1 Å². The molecule has 7 nitrogen and oxygen atoms in total. The van der Waals surface area contributed by atoms with Gasteiger partial charge in [-0.3, -0.25) is 9.59 Å². The van der Waals surface area contributed by atoms with Crippen LogP contribution in [0, 0.1) is 19.7 Å². The average molecular weight is 456 g/mol. The second kappa shape index (κ2) is 10.4. The van der Waals surface area contributed by atoms with Crippen LogP contribution in [0.25, 0.3) is 0 Å². The number of thioether (sulfide) groups is 1. The molecule has 0 radical (unpaired) electrons. The molecule has 168 valence electrons. The molecule has 1 aromatic heterocycles. The zero-order valence-corrected chi connectivity index (χ0v) is 19.3. The lowest BCUT2D eigenvalue weighted by Gasteiger charge is -2.15. The van der Waals surface area contributed by atoms with Crippen LogP contribution in [0.15, 0.2) is 47.6 Å². The first-order chi connectivity index (χ1) is 15.3. The van der Waals surface area contributed by atoms with Gasteiger partial charge in [-0.15, -0.1) is 10.2 Å². The van der Waals surface area contributed by atoms with Crippen molar-refractivity contribution in [1.29, 1.82) is 0 Å². The molecule has 0 saturated heterocycles. The van der Waals surface area contributed by atoms with E-state index in [0.717, 1.165) is 16.8 Å². The highest BCUT2D eigenvalue weighted by molar-refractivity contribution is 7.99. The molecule has 0 aliphatic carbocycles. The Labute approximate surface area is 190 Å². The Morgan fingerprint density at radius 3 is 2.44 bits per heavy atom. The Bertz CT molecular complexity index is 1110. The van der Waals surface area contributed by atoms with Crippen molar-refractivity contribution < 1.29 is 14.0 Å². The van der Waals surface area contributed by atoms with Crippen LogP contribution < -0.4 is 10.6 Å². The highest BCUT2D eigenvalue weighted by atomic mass is 32.2. The van der Waals surface area contributed by atoms with Crippen molar-refractivity contribution in [3.63, 3.8) is 0 Å². The van der Waals surface area contributed by atoms with Crippen molar-refractivity contribution in [2.24, 2.45) is 0 Å². The standard InChI is InChI=1S/C23H26FN5O2S/c1-5-29-21(16(4)25-22(31)17-11-6-7-12-18(17)24)27-28-23(29)32-13-19(30)26-20-14(2)9-8-10-15(20)3/h6-12,16H,5,13H2,1-4H3,(H,25,31)(H,26,30)/t16-/m0/s1. The molecule has 2 N–H and O–H groups in total. The van der Waals surface area contributed by atoms with E-state index >= 15 is 0 Å². The number of hydrogen-bond acceptors (Lipinski definition) is 5. The van der Waals surface area contributed by atoms with Crippen LogP contribution in [0.2, 0.25) is 0 Å². The summed E-state index contributed by atoms with van der Waals surface area (Å²) in [6.45, 7) is 8.15. The molecule has 2 amide bonds. The second-order valence-electron chi connectivity index (χ2n) is 7.36. The Kier molecular flexibility index (Phi) is 7.63. The number of benzene rings is 2. The largest absolute Gasteiger partial charge is 0.342 e. The first-order valence-electron chi connectivity index (χ1n) is 10.3. The fourth-order valence-electron chi connectivity index (χ4n) is 3.33. The van der Waals surface area contributed by atoms with Crippen molar-refractivity contribution in [3.05, 3.63) is 70.8 Å². The lowest BCUT2D eigenvalue weighted by molar-refractivity contribution is -0.113. The summed E-state index contributed by atoms with van der Waals surface area (Å²) in [5, 5.41) is 14.7. The van der Waals surface area contributed by atoms with Gasteiger partial charge in [0.15, 0.2) is 11.0 Å². The molecule has 0 aliphatic heterocycles. The van der Waals surface area contributed by atoms with Crippen LogP contribution in [0.1, 0.15) is 47.2 Å². The van der Waals surface area contributed by atoms with E-state index in [1.165, 1.54) is 30.0 Å². The number of nitrogens with zero attached hydrogens (tertiary/aromatic N) is 3. The van der Waals surface area contributed by atoms with E-state index in [1.54, 1.807) is 13.0 Å². The Balaban J connectivity index is 1.66. The lowest BCUT2D eigenvalue weighted by Crippen LogP contribution is -2.29. The number of hydrogen-bond donors (Lipinski definition) is 2. The van der Waals surface area contributed by atoms with Gasteiger partial charge in [0.25, 0.3) is 5.91 Å². The number of anilines is 1. The topological polar surface area (TPSA) is 88.9 Å². The number of amides is 2. The summed E-state index contributed by atoms with van der Waals surface area (Å²) in [6, 6.07) is 11.2. The molecule has 0 spiro atoms. The van der Waals surface area contributed by atoms with E-state index in [9.17, 15) is 14.0 Å². The van der Waals surface area contributed by atoms with Crippen LogP contribution >= 0.6 is 11.8 Å². The van der Waals surface area contributed by atoms with Crippen molar-refractivity contribution in [2.45, 2.75) is 45.4 Å². The van der Waals surface area contributed by atoms with Gasteiger partial charge in [-0.2, -0.15) is 0 Å². The number of aromatic nitrogens is 3. The molecule has 2 aromatic carbocycles. The maximum atomic E-state index is 13.9. The molecular formula is C23H26FN5O2S. The number of carbonyl (C=O) groups excluding carboxylic acids is 2. The Morgan fingerprint density at radius 1 is 1.09 bits per heavy atom. The van der Waals surface area contributed by atoms with Crippen LogP contribution in [-0.4, -0.2) is 32.3 Å². The average Bonchev–Trinajstić information content (AvgIpc) is 3.18. The maximum Gasteiger partial charge on any atom is 0.254 e. The highest BCUT2D eigenvalue weighted by Crippen LogP contribution is 2.23. The van der Waals surface area contributed by atoms with Gasteiger partial charge < -0.3 is 15.2 Å². The van der Waals surface area contributed by atoms with Crippen molar-refractivity contribution in [1.82, 2.24) is 20.1 Å². The maximum absolute atomic E-state index is 13.9. The first-order valence-corrected chi connectivity index (χ1v) is 11.3. The third kappa shape index (κ3) is 5.34. The summed E-state index contributed by atoms with van der Waals surface area (Å²) in [5.41, 5.74) is 2.79. The van der Waals surface area contributed by atoms with Gasteiger partial charge in [-0.1, -0.05) is 42.1 Å². The molecule has 0 bridgehead atoms. The summed E-state index contributed by atoms with van der Waals surface area (Å²) < 4.78 is 15.7. The highest BCUT2D eigenvalue weighted by Gasteiger charge is 2.21. The first kappa shape index (κ1) is 23.5. The molecule has 3 rings (SSSR count). The monoisotopic (exact) mass is 455 g/mol. The molecule has 0 aliphatic rings. The van der Waals surface area contributed by atoms with E-state index in [1.807, 2.05) is 43.5 Å². The Hall–Kier alpha value is -3.20. The summed E-state index contributed by atoms with van der Waals surface area (Å²) in [5.74, 6) is -0.541. The number of aryl methyl sites for hydroxylation is 2. The molecule has 1 atom stereocenters. The molecule has 0 unspecified atom stereocenters. The summed E-state index contributed by atoms with van der Waals surface area (Å²) in [4.78, 5) is 24.9. The number of para-hydroxylation sites is 1. The molecular weight excluding hydrogens is 429 g/mol. The summed E-state index contributed by atoms with van der Waals surface area (Å²) >= 11 is 1.27. The van der Waals surface area contributed by atoms with E-state index in [-0.39, 0.29) is 17.2 Å². The zero-order valence-electron chi connectivity index (χ0n) is 18.5. The van der Waals surface area contributed by atoms with Gasteiger partial charge in [-0.05, 0) is 51.0 Å². The fraction of sp³-hybridized carbons (Fsp3) is 0.304. The van der Waals surface area contributed by atoms with Crippen molar-refractivity contribution >= 4 is 29.3 Å². The van der Waals surface area contributed by atoms with E-state index in [2.05, 4.69) is 20.8 Å². The second-order valence-corrected chi connectivity index (χ2v) is 8.31. The Morgan fingerprint density at radius 2 is 1.78 bits per heavy atom. The van der Waals surface area contributed by atoms with Crippen LogP contribution in [0.5, 0.6) is 0 Å². The van der Waals surface area contributed by atoms with E-state index in [0.29, 0.717) is 17.5 Å². The van der Waals surface area contributed by atoms with E-state index in [4.69, 9.17) is 0 Å². The third-order valence-electron chi connectivity index (χ3n) is 4.99. The van der Waals surface area contributed by atoms with Crippen LogP contribution in [0.3, 0.4) is 0 Å². The normalized spacial score (nSPS) is 11.8. The molecule has 1 heterocycles. The SMILES string of the molecule is CCn1c(SCC(=O)Nc2c(C)cccc2C)nnc1[C@H](C)NC(=O)c1ccccc1F. The number of rotatable bonds is 8. The minimum absolute atomic E-state index is 0.0281.